The Labute approximate surface area is 132 Å². The lowest BCUT2D eigenvalue weighted by Gasteiger charge is -2.00. The number of fused-ring (bicyclic) bond motifs is 1. The number of carbonyl (C=O) groups excluding carboxylic acids is 1. The largest absolute Gasteiger partial charge is 0.336 e. The van der Waals surface area contributed by atoms with Gasteiger partial charge in [0.25, 0.3) is 5.56 Å². The van der Waals surface area contributed by atoms with Crippen molar-refractivity contribution in [2.45, 2.75) is 12.8 Å². The number of rotatable bonds is 4. The van der Waals surface area contributed by atoms with Crippen molar-refractivity contribution in [3.8, 4) is 0 Å². The number of hydrogen-bond donors (Lipinski definition) is 2. The van der Waals surface area contributed by atoms with E-state index < -0.39 is 11.2 Å². The maximum Gasteiger partial charge on any atom is 0.332 e. The average Bonchev–Trinajstić information content (AvgIpc) is 3.18. The zero-order valence-corrected chi connectivity index (χ0v) is 13.2. The highest BCUT2D eigenvalue weighted by Crippen LogP contribution is 2.10. The molecule has 0 atom stereocenters. The summed E-state index contributed by atoms with van der Waals surface area (Å²) in [4.78, 5) is 42.8. The number of nitrogens with one attached hydrogen (secondary N) is 2. The average molecular weight is 335 g/mol. The summed E-state index contributed by atoms with van der Waals surface area (Å²) in [5.74, 6) is 0.231. The minimum atomic E-state index is -0.449. The monoisotopic (exact) mass is 335 g/mol. The first-order valence-corrected chi connectivity index (χ1v) is 7.56. The zero-order chi connectivity index (χ0) is 16.6. The van der Waals surface area contributed by atoms with Crippen LogP contribution >= 0.6 is 11.3 Å². The third-order valence-electron chi connectivity index (χ3n) is 3.34. The van der Waals surface area contributed by atoms with Crippen LogP contribution in [0, 0.1) is 0 Å². The topological polar surface area (TPSA) is 128 Å². The Balaban J connectivity index is 1.80. The van der Waals surface area contributed by atoms with Crippen molar-refractivity contribution in [3.05, 3.63) is 32.2 Å². The Bertz CT molecular complexity index is 983. The van der Waals surface area contributed by atoms with E-state index in [0.29, 0.717) is 17.4 Å². The van der Waals surface area contributed by atoms with Crippen molar-refractivity contribution in [1.29, 1.82) is 0 Å². The first-order chi connectivity index (χ1) is 11.0. The highest BCUT2D eigenvalue weighted by atomic mass is 32.1. The fourth-order valence-electron chi connectivity index (χ4n) is 2.13. The molecule has 3 rings (SSSR count). The number of imidazole rings is 1. The molecule has 120 valence electrons. The van der Waals surface area contributed by atoms with Crippen molar-refractivity contribution in [1.82, 2.24) is 29.3 Å². The molecule has 10 nitrogen and oxygen atoms in total. The van der Waals surface area contributed by atoms with E-state index in [-0.39, 0.29) is 23.5 Å². The smallest absolute Gasteiger partial charge is 0.332 e. The van der Waals surface area contributed by atoms with Gasteiger partial charge in [0.2, 0.25) is 11.0 Å². The first kappa shape index (κ1) is 15.1. The second-order valence-electron chi connectivity index (χ2n) is 4.88. The summed E-state index contributed by atoms with van der Waals surface area (Å²) in [5, 5.41) is 10.4. The molecule has 0 radical (unpaired) electrons. The van der Waals surface area contributed by atoms with Gasteiger partial charge in [0.15, 0.2) is 5.65 Å². The maximum atomic E-state index is 12.0. The molecule has 3 aromatic heterocycles. The van der Waals surface area contributed by atoms with Gasteiger partial charge >= 0.3 is 5.69 Å². The van der Waals surface area contributed by atoms with Gasteiger partial charge in [-0.15, -0.1) is 10.2 Å². The third kappa shape index (κ3) is 2.77. The van der Waals surface area contributed by atoms with E-state index in [0.717, 1.165) is 4.57 Å². The lowest BCUT2D eigenvalue weighted by Crippen LogP contribution is -2.36. The molecule has 3 heterocycles. The number of aryl methyl sites for hydroxylation is 2. The number of aromatic amines is 1. The van der Waals surface area contributed by atoms with Gasteiger partial charge in [-0.3, -0.25) is 18.7 Å². The predicted octanol–water partition coefficient (Wildman–Crippen LogP) is -0.617. The van der Waals surface area contributed by atoms with Crippen LogP contribution in [-0.4, -0.2) is 35.2 Å². The number of nitrogens with zero attached hydrogens (tertiary/aromatic N) is 5. The highest BCUT2D eigenvalue weighted by molar-refractivity contribution is 7.13. The normalized spacial score (nSPS) is 11.0. The molecule has 0 saturated carbocycles. The molecule has 0 unspecified atom stereocenters. The summed E-state index contributed by atoms with van der Waals surface area (Å²) in [6.45, 7) is 0. The summed E-state index contributed by atoms with van der Waals surface area (Å²) in [5.41, 5.74) is 1.15. The van der Waals surface area contributed by atoms with Crippen molar-refractivity contribution in [2.75, 3.05) is 5.32 Å². The Kier molecular flexibility index (Phi) is 3.78. The zero-order valence-electron chi connectivity index (χ0n) is 12.4. The van der Waals surface area contributed by atoms with Crippen molar-refractivity contribution < 1.29 is 4.79 Å². The number of H-pyrrole nitrogens is 1. The Hall–Kier alpha value is -2.82. The molecule has 11 heteroatoms. The van der Waals surface area contributed by atoms with Crippen LogP contribution in [0.1, 0.15) is 12.2 Å². The van der Waals surface area contributed by atoms with Crippen molar-refractivity contribution >= 4 is 33.5 Å². The van der Waals surface area contributed by atoms with Crippen LogP contribution in [0.5, 0.6) is 0 Å². The van der Waals surface area contributed by atoms with Gasteiger partial charge in [0, 0.05) is 26.9 Å². The molecule has 0 aliphatic rings. The van der Waals surface area contributed by atoms with Gasteiger partial charge < -0.3 is 10.3 Å². The Morgan fingerprint density at radius 3 is 2.83 bits per heavy atom. The molecule has 0 fully saturated rings. The molecular formula is C12H13N7O3S. The van der Waals surface area contributed by atoms with Crippen LogP contribution in [0.25, 0.3) is 11.2 Å². The summed E-state index contributed by atoms with van der Waals surface area (Å²) in [6, 6.07) is 0. The van der Waals surface area contributed by atoms with Gasteiger partial charge in [-0.1, -0.05) is 11.3 Å². The van der Waals surface area contributed by atoms with Crippen LogP contribution in [-0.2, 0) is 25.3 Å². The predicted molar refractivity (Wildman–Crippen MR) is 83.4 cm³/mol. The summed E-state index contributed by atoms with van der Waals surface area (Å²) in [7, 11) is 2.94. The fourth-order valence-corrected chi connectivity index (χ4v) is 2.59. The molecule has 0 aliphatic heterocycles. The molecule has 3 aromatic rings. The maximum absolute atomic E-state index is 12.0. The molecule has 0 spiro atoms. The summed E-state index contributed by atoms with van der Waals surface area (Å²) in [6.07, 6.45) is 0.463. The van der Waals surface area contributed by atoms with Gasteiger partial charge in [-0.25, -0.2) is 9.78 Å². The van der Waals surface area contributed by atoms with E-state index in [1.165, 1.54) is 35.5 Å². The number of amides is 1. The molecule has 0 bridgehead atoms. The molecule has 23 heavy (non-hydrogen) atoms. The summed E-state index contributed by atoms with van der Waals surface area (Å²) < 4.78 is 2.30. The Morgan fingerprint density at radius 2 is 2.13 bits per heavy atom. The molecule has 0 aromatic carbocycles. The van der Waals surface area contributed by atoms with Gasteiger partial charge in [0.1, 0.15) is 16.9 Å². The third-order valence-corrected chi connectivity index (χ3v) is 3.95. The lowest BCUT2D eigenvalue weighted by molar-refractivity contribution is -0.116. The van der Waals surface area contributed by atoms with Gasteiger partial charge in [-0.05, 0) is 0 Å². The lowest BCUT2D eigenvalue weighted by atomic mass is 10.3. The standard InChI is InChI=1S/C12H13N7O3S/c1-18-9-8(10(21)19(2)12(18)22)14-6(15-9)3-4-7(20)16-11-17-13-5-23-11/h5H,3-4H2,1-2H3,(H,14,15)(H,16,17,20). The van der Waals surface area contributed by atoms with E-state index >= 15 is 0 Å². The van der Waals surface area contributed by atoms with E-state index in [1.807, 2.05) is 0 Å². The molecule has 0 aliphatic carbocycles. The van der Waals surface area contributed by atoms with Crippen LogP contribution in [0.3, 0.4) is 0 Å². The minimum absolute atomic E-state index is 0.160. The number of anilines is 1. The first-order valence-electron chi connectivity index (χ1n) is 6.68. The SMILES string of the molecule is Cn1c(=O)c2[nH]c(CCC(=O)Nc3nncs3)nc2n(C)c1=O. The van der Waals surface area contributed by atoms with Crippen molar-refractivity contribution in [2.24, 2.45) is 14.1 Å². The van der Waals surface area contributed by atoms with E-state index in [4.69, 9.17) is 0 Å². The van der Waals surface area contributed by atoms with E-state index in [2.05, 4.69) is 25.5 Å². The van der Waals surface area contributed by atoms with Crippen LogP contribution in [0.4, 0.5) is 5.13 Å². The molecule has 0 saturated heterocycles. The number of aromatic nitrogens is 6. The molecular weight excluding hydrogens is 322 g/mol. The van der Waals surface area contributed by atoms with Crippen molar-refractivity contribution in [3.63, 3.8) is 0 Å². The molecule has 1 amide bonds. The number of carbonyl (C=O) groups is 1. The highest BCUT2D eigenvalue weighted by Gasteiger charge is 2.14. The van der Waals surface area contributed by atoms with Gasteiger partial charge in [-0.2, -0.15) is 0 Å². The van der Waals surface area contributed by atoms with Crippen LogP contribution < -0.4 is 16.6 Å². The van der Waals surface area contributed by atoms with Gasteiger partial charge in [0.05, 0.1) is 0 Å². The minimum Gasteiger partial charge on any atom is -0.336 e. The van der Waals surface area contributed by atoms with E-state index in [1.54, 1.807) is 0 Å². The Morgan fingerprint density at radius 1 is 1.35 bits per heavy atom. The number of hydrogen-bond acceptors (Lipinski definition) is 7. The molecule has 2 N–H and O–H groups in total. The van der Waals surface area contributed by atoms with E-state index in [9.17, 15) is 14.4 Å². The quantitative estimate of drug-likeness (QED) is 0.654. The summed E-state index contributed by atoms with van der Waals surface area (Å²) >= 11 is 1.22. The second-order valence-corrected chi connectivity index (χ2v) is 5.71. The van der Waals surface area contributed by atoms with Crippen LogP contribution in [0.2, 0.25) is 0 Å². The fraction of sp³-hybridized carbons (Fsp3) is 0.333. The van der Waals surface area contributed by atoms with Crippen LogP contribution in [0.15, 0.2) is 15.1 Å². The second kappa shape index (κ2) is 5.76.